The van der Waals surface area contributed by atoms with Crippen molar-refractivity contribution < 1.29 is 9.90 Å². The summed E-state index contributed by atoms with van der Waals surface area (Å²) in [7, 11) is 0. The second-order valence-corrected chi connectivity index (χ2v) is 5.32. The summed E-state index contributed by atoms with van der Waals surface area (Å²) >= 11 is 1.54. The van der Waals surface area contributed by atoms with Crippen LogP contribution in [0.2, 0.25) is 0 Å². The predicted octanol–water partition coefficient (Wildman–Crippen LogP) is 2.62. The molecule has 0 saturated heterocycles. The fourth-order valence-electron chi connectivity index (χ4n) is 1.90. The minimum Gasteiger partial charge on any atom is -0.481 e. The SMILES string of the molecule is Cc1cnc2c(n1)Nc1cc(CC(=O)O)ccc1S2. The molecule has 0 bridgehead atoms. The number of benzene rings is 1. The molecular weight excluding hydrogens is 262 g/mol. The number of aliphatic carboxylic acids is 1. The molecule has 3 rings (SSSR count). The number of rotatable bonds is 2. The van der Waals surface area contributed by atoms with Crippen molar-refractivity contribution in [1.29, 1.82) is 0 Å². The number of nitrogens with one attached hydrogen (secondary N) is 1. The number of fused-ring (bicyclic) bond motifs is 2. The molecule has 0 radical (unpaired) electrons. The summed E-state index contributed by atoms with van der Waals surface area (Å²) in [5, 5.41) is 12.9. The van der Waals surface area contributed by atoms with Gasteiger partial charge in [0.15, 0.2) is 5.82 Å². The number of anilines is 2. The van der Waals surface area contributed by atoms with E-state index < -0.39 is 5.97 Å². The number of carboxylic acids is 1. The molecule has 0 unspecified atom stereocenters. The molecule has 1 aliphatic heterocycles. The fraction of sp³-hybridized carbons (Fsp3) is 0.154. The average Bonchev–Trinajstić information content (AvgIpc) is 2.35. The Hall–Kier alpha value is -2.08. The first kappa shape index (κ1) is 12.0. The van der Waals surface area contributed by atoms with Crippen LogP contribution in [0.25, 0.3) is 0 Å². The van der Waals surface area contributed by atoms with Crippen LogP contribution in [0.1, 0.15) is 11.3 Å². The second kappa shape index (κ2) is 4.55. The normalized spacial score (nSPS) is 12.3. The molecular formula is C13H11N3O2S. The van der Waals surface area contributed by atoms with Gasteiger partial charge in [-0.2, -0.15) is 0 Å². The van der Waals surface area contributed by atoms with Gasteiger partial charge in [0.1, 0.15) is 5.03 Å². The van der Waals surface area contributed by atoms with Crippen LogP contribution >= 0.6 is 11.8 Å². The Labute approximate surface area is 114 Å². The standard InChI is InChI=1S/C13H11N3O2S/c1-7-6-14-13-12(15-7)16-9-4-8(5-11(17)18)2-3-10(9)19-13/h2-4,6H,5H2,1H3,(H,15,16)(H,17,18). The molecule has 1 aromatic heterocycles. The topological polar surface area (TPSA) is 75.1 Å². The number of carbonyl (C=O) groups is 1. The first-order valence-electron chi connectivity index (χ1n) is 5.75. The van der Waals surface area contributed by atoms with Crippen LogP contribution in [-0.2, 0) is 11.2 Å². The Morgan fingerprint density at radius 1 is 1.47 bits per heavy atom. The third-order valence-electron chi connectivity index (χ3n) is 2.72. The lowest BCUT2D eigenvalue weighted by molar-refractivity contribution is -0.136. The Bertz CT molecular complexity index is 673. The van der Waals surface area contributed by atoms with Crippen molar-refractivity contribution in [2.75, 3.05) is 5.32 Å². The van der Waals surface area contributed by atoms with Crippen molar-refractivity contribution in [1.82, 2.24) is 9.97 Å². The van der Waals surface area contributed by atoms with Crippen LogP contribution in [0.3, 0.4) is 0 Å². The molecule has 0 fully saturated rings. The number of carboxylic acid groups (broad SMARTS) is 1. The Balaban J connectivity index is 1.96. The monoisotopic (exact) mass is 273 g/mol. The number of hydrogen-bond donors (Lipinski definition) is 2. The highest BCUT2D eigenvalue weighted by molar-refractivity contribution is 7.99. The predicted molar refractivity (Wildman–Crippen MR) is 72.0 cm³/mol. The molecule has 6 heteroatoms. The van der Waals surface area contributed by atoms with E-state index in [1.54, 1.807) is 6.20 Å². The molecule has 0 aliphatic carbocycles. The van der Waals surface area contributed by atoms with Gasteiger partial charge in [0.25, 0.3) is 0 Å². The zero-order chi connectivity index (χ0) is 13.4. The van der Waals surface area contributed by atoms with E-state index in [1.165, 1.54) is 11.8 Å². The van der Waals surface area contributed by atoms with Crippen LogP contribution in [0, 0.1) is 6.92 Å². The molecule has 19 heavy (non-hydrogen) atoms. The van der Waals surface area contributed by atoms with Gasteiger partial charge < -0.3 is 10.4 Å². The van der Waals surface area contributed by atoms with Gasteiger partial charge in [-0.1, -0.05) is 17.8 Å². The maximum Gasteiger partial charge on any atom is 0.307 e. The van der Waals surface area contributed by atoms with Crippen LogP contribution in [-0.4, -0.2) is 21.0 Å². The number of aryl methyl sites for hydroxylation is 1. The van der Waals surface area contributed by atoms with Gasteiger partial charge >= 0.3 is 5.97 Å². The van der Waals surface area contributed by atoms with Crippen molar-refractivity contribution in [3.05, 3.63) is 35.7 Å². The van der Waals surface area contributed by atoms with Crippen LogP contribution in [0.5, 0.6) is 0 Å². The average molecular weight is 273 g/mol. The molecule has 1 aliphatic rings. The fourth-order valence-corrected chi connectivity index (χ4v) is 2.77. The van der Waals surface area contributed by atoms with E-state index in [-0.39, 0.29) is 6.42 Å². The largest absolute Gasteiger partial charge is 0.481 e. The Kier molecular flexibility index (Phi) is 2.87. The highest BCUT2D eigenvalue weighted by atomic mass is 32.2. The summed E-state index contributed by atoms with van der Waals surface area (Å²) in [5.74, 6) is -0.107. The lowest BCUT2D eigenvalue weighted by Crippen LogP contribution is -2.06. The molecule has 0 saturated carbocycles. The quantitative estimate of drug-likeness (QED) is 0.747. The summed E-state index contributed by atoms with van der Waals surface area (Å²) in [5.41, 5.74) is 2.50. The Morgan fingerprint density at radius 2 is 2.32 bits per heavy atom. The first-order chi connectivity index (χ1) is 9.11. The second-order valence-electron chi connectivity index (χ2n) is 4.29. The van der Waals surface area contributed by atoms with Gasteiger partial charge in [0, 0.05) is 11.1 Å². The van der Waals surface area contributed by atoms with E-state index >= 15 is 0 Å². The van der Waals surface area contributed by atoms with Gasteiger partial charge in [-0.25, -0.2) is 9.97 Å². The molecule has 1 aromatic carbocycles. The zero-order valence-corrected chi connectivity index (χ0v) is 11.0. The number of aromatic nitrogens is 2. The first-order valence-corrected chi connectivity index (χ1v) is 6.57. The van der Waals surface area contributed by atoms with E-state index in [9.17, 15) is 4.79 Å². The Morgan fingerprint density at radius 3 is 3.11 bits per heavy atom. The van der Waals surface area contributed by atoms with Crippen molar-refractivity contribution in [2.24, 2.45) is 0 Å². The van der Waals surface area contributed by atoms with Crippen molar-refractivity contribution in [3.8, 4) is 0 Å². The van der Waals surface area contributed by atoms with E-state index in [0.717, 1.165) is 32.7 Å². The van der Waals surface area contributed by atoms with Gasteiger partial charge in [-0.15, -0.1) is 0 Å². The van der Waals surface area contributed by atoms with E-state index in [0.29, 0.717) is 0 Å². The van der Waals surface area contributed by atoms with E-state index in [2.05, 4.69) is 15.3 Å². The summed E-state index contributed by atoms with van der Waals surface area (Å²) in [4.78, 5) is 20.5. The van der Waals surface area contributed by atoms with Gasteiger partial charge in [0.2, 0.25) is 0 Å². The summed E-state index contributed by atoms with van der Waals surface area (Å²) in [6.45, 7) is 1.88. The third-order valence-corrected chi connectivity index (χ3v) is 3.79. The smallest absolute Gasteiger partial charge is 0.307 e. The molecule has 0 spiro atoms. The number of nitrogens with zero attached hydrogens (tertiary/aromatic N) is 2. The highest BCUT2D eigenvalue weighted by Gasteiger charge is 2.18. The molecule has 5 nitrogen and oxygen atoms in total. The molecule has 2 heterocycles. The molecule has 0 amide bonds. The molecule has 0 atom stereocenters. The van der Waals surface area contributed by atoms with Gasteiger partial charge in [0.05, 0.1) is 17.8 Å². The van der Waals surface area contributed by atoms with Crippen molar-refractivity contribution in [3.63, 3.8) is 0 Å². The molecule has 96 valence electrons. The maximum absolute atomic E-state index is 10.7. The van der Waals surface area contributed by atoms with Crippen LogP contribution in [0.15, 0.2) is 34.3 Å². The lowest BCUT2D eigenvalue weighted by Gasteiger charge is -2.19. The van der Waals surface area contributed by atoms with Crippen LogP contribution in [0.4, 0.5) is 11.5 Å². The summed E-state index contributed by atoms with van der Waals surface area (Å²) in [6.07, 6.45) is 1.75. The molecule has 2 aromatic rings. The van der Waals surface area contributed by atoms with E-state index in [4.69, 9.17) is 5.11 Å². The number of hydrogen-bond acceptors (Lipinski definition) is 5. The minimum absolute atomic E-state index is 0.0198. The third kappa shape index (κ3) is 2.39. The highest BCUT2D eigenvalue weighted by Crippen LogP contribution is 2.42. The van der Waals surface area contributed by atoms with E-state index in [1.807, 2.05) is 25.1 Å². The van der Waals surface area contributed by atoms with Gasteiger partial charge in [-0.05, 0) is 24.6 Å². The van der Waals surface area contributed by atoms with Crippen molar-refractivity contribution >= 4 is 29.2 Å². The summed E-state index contributed by atoms with van der Waals surface area (Å²) < 4.78 is 0. The van der Waals surface area contributed by atoms with Crippen LogP contribution < -0.4 is 5.32 Å². The minimum atomic E-state index is -0.834. The molecule has 2 N–H and O–H groups in total. The lowest BCUT2D eigenvalue weighted by atomic mass is 10.1. The zero-order valence-electron chi connectivity index (χ0n) is 10.2. The van der Waals surface area contributed by atoms with Gasteiger partial charge in [-0.3, -0.25) is 4.79 Å². The summed E-state index contributed by atoms with van der Waals surface area (Å²) in [6, 6.07) is 5.59. The van der Waals surface area contributed by atoms with Crippen molar-refractivity contribution in [2.45, 2.75) is 23.3 Å². The maximum atomic E-state index is 10.7.